The number of hydrogen-bond acceptors (Lipinski definition) is 2. The second-order valence-electron chi connectivity index (χ2n) is 4.39. The molecule has 1 saturated carbocycles. The van der Waals surface area contributed by atoms with Crippen LogP contribution < -0.4 is 5.73 Å². The Morgan fingerprint density at radius 2 is 2.29 bits per heavy atom. The summed E-state index contributed by atoms with van der Waals surface area (Å²) in [6.07, 6.45) is 2.90. The van der Waals surface area contributed by atoms with E-state index in [0.717, 1.165) is 12.8 Å². The molecule has 0 spiro atoms. The fourth-order valence-corrected chi connectivity index (χ4v) is 2.28. The van der Waals surface area contributed by atoms with E-state index >= 15 is 0 Å². The molecule has 0 bridgehead atoms. The first kappa shape index (κ1) is 12.2. The summed E-state index contributed by atoms with van der Waals surface area (Å²) >= 11 is 6.00. The van der Waals surface area contributed by atoms with Crippen LogP contribution in [0.2, 0.25) is 5.02 Å². The van der Waals surface area contributed by atoms with Gasteiger partial charge in [0.15, 0.2) is 0 Å². The summed E-state index contributed by atoms with van der Waals surface area (Å²) in [6.45, 7) is 0. The molecule has 5 heteroatoms. The second kappa shape index (κ2) is 4.92. The number of nitrogens with two attached hydrogens (primary N) is 1. The molecule has 1 atom stereocenters. The van der Waals surface area contributed by atoms with Gasteiger partial charge in [-0.1, -0.05) is 35.7 Å². The molecule has 1 aromatic carbocycles. The molecular formula is C12H14ClFN2O. The van der Waals surface area contributed by atoms with Crippen LogP contribution >= 0.6 is 11.6 Å². The molecule has 3 N–H and O–H groups in total. The number of nitrogens with zero attached hydrogens (tertiary/aromatic N) is 1. The molecule has 0 amide bonds. The van der Waals surface area contributed by atoms with E-state index in [1.807, 2.05) is 0 Å². The summed E-state index contributed by atoms with van der Waals surface area (Å²) in [5, 5.41) is 12.1. The molecule has 0 heterocycles. The molecule has 0 radical (unpaired) electrons. The van der Waals surface area contributed by atoms with Crippen molar-refractivity contribution in [2.24, 2.45) is 16.8 Å². The predicted octanol–water partition coefficient (Wildman–Crippen LogP) is 3.11. The predicted molar refractivity (Wildman–Crippen MR) is 64.9 cm³/mol. The normalized spacial score (nSPS) is 18.1. The van der Waals surface area contributed by atoms with Crippen molar-refractivity contribution < 1.29 is 9.60 Å². The molecule has 0 aromatic heterocycles. The second-order valence-corrected chi connectivity index (χ2v) is 4.80. The van der Waals surface area contributed by atoms with Gasteiger partial charge < -0.3 is 10.9 Å². The van der Waals surface area contributed by atoms with Crippen LogP contribution in [0.5, 0.6) is 0 Å². The van der Waals surface area contributed by atoms with Crippen molar-refractivity contribution >= 4 is 17.4 Å². The molecule has 0 aliphatic heterocycles. The van der Waals surface area contributed by atoms with E-state index < -0.39 is 11.7 Å². The molecule has 1 aromatic rings. The van der Waals surface area contributed by atoms with Crippen LogP contribution in [0.15, 0.2) is 23.4 Å². The van der Waals surface area contributed by atoms with Crippen molar-refractivity contribution in [3.05, 3.63) is 34.6 Å². The topological polar surface area (TPSA) is 58.6 Å². The van der Waals surface area contributed by atoms with E-state index in [4.69, 9.17) is 22.5 Å². The van der Waals surface area contributed by atoms with Crippen LogP contribution in [-0.4, -0.2) is 11.0 Å². The lowest BCUT2D eigenvalue weighted by Crippen LogP contribution is -2.23. The smallest absolute Gasteiger partial charge is 0.146 e. The van der Waals surface area contributed by atoms with Gasteiger partial charge in [0.05, 0.1) is 0 Å². The van der Waals surface area contributed by atoms with Crippen LogP contribution in [0.25, 0.3) is 0 Å². The summed E-state index contributed by atoms with van der Waals surface area (Å²) in [6, 6.07) is 4.50. The van der Waals surface area contributed by atoms with E-state index in [9.17, 15) is 4.39 Å². The number of halogens is 2. The van der Waals surface area contributed by atoms with Crippen LogP contribution in [0, 0.1) is 11.7 Å². The zero-order valence-electron chi connectivity index (χ0n) is 9.24. The molecule has 2 rings (SSSR count). The van der Waals surface area contributed by atoms with Crippen molar-refractivity contribution in [2.75, 3.05) is 0 Å². The Hall–Kier alpha value is -1.29. The first-order valence-electron chi connectivity index (χ1n) is 5.54. The Morgan fingerprint density at radius 1 is 1.59 bits per heavy atom. The fourth-order valence-electron chi connectivity index (χ4n) is 1.99. The zero-order chi connectivity index (χ0) is 12.4. The highest BCUT2D eigenvalue weighted by molar-refractivity contribution is 6.31. The minimum atomic E-state index is -0.443. The van der Waals surface area contributed by atoms with Crippen LogP contribution in [0.3, 0.4) is 0 Å². The summed E-state index contributed by atoms with van der Waals surface area (Å²) in [5.74, 6) is -0.309. The SMILES string of the molecule is NC(=NO)C(CC1CC1)c1c(F)cccc1Cl. The van der Waals surface area contributed by atoms with Gasteiger partial charge in [0.25, 0.3) is 0 Å². The Balaban J connectivity index is 2.36. The first-order chi connectivity index (χ1) is 8.13. The highest BCUT2D eigenvalue weighted by Gasteiger charge is 2.31. The van der Waals surface area contributed by atoms with Crippen molar-refractivity contribution in [3.63, 3.8) is 0 Å². The first-order valence-corrected chi connectivity index (χ1v) is 5.92. The van der Waals surface area contributed by atoms with Gasteiger partial charge in [0.1, 0.15) is 11.7 Å². The number of hydrogen-bond donors (Lipinski definition) is 2. The third-order valence-corrected chi connectivity index (χ3v) is 3.42. The largest absolute Gasteiger partial charge is 0.409 e. The summed E-state index contributed by atoms with van der Waals surface area (Å²) in [4.78, 5) is 0. The van der Waals surface area contributed by atoms with Crippen LogP contribution in [0.1, 0.15) is 30.7 Å². The number of oxime groups is 1. The molecule has 17 heavy (non-hydrogen) atoms. The number of rotatable bonds is 4. The van der Waals surface area contributed by atoms with Crippen molar-refractivity contribution in [1.29, 1.82) is 0 Å². The third kappa shape index (κ3) is 2.69. The molecular weight excluding hydrogens is 243 g/mol. The Morgan fingerprint density at radius 3 is 2.82 bits per heavy atom. The molecule has 1 aliphatic carbocycles. The molecule has 1 unspecified atom stereocenters. The van der Waals surface area contributed by atoms with Gasteiger partial charge in [-0.25, -0.2) is 4.39 Å². The maximum absolute atomic E-state index is 13.8. The van der Waals surface area contributed by atoms with E-state index in [1.165, 1.54) is 6.07 Å². The number of amidine groups is 1. The molecule has 0 saturated heterocycles. The standard InChI is InChI=1S/C12H14ClFN2O/c13-9-2-1-3-10(14)11(9)8(12(15)16-17)6-7-4-5-7/h1-3,7-8,17H,4-6H2,(H2,15,16). The average Bonchev–Trinajstić information content (AvgIpc) is 3.10. The van der Waals surface area contributed by atoms with E-state index in [1.54, 1.807) is 12.1 Å². The lowest BCUT2D eigenvalue weighted by molar-refractivity contribution is 0.315. The van der Waals surface area contributed by atoms with Crippen LogP contribution in [-0.2, 0) is 0 Å². The van der Waals surface area contributed by atoms with Crippen molar-refractivity contribution in [2.45, 2.75) is 25.2 Å². The highest BCUT2D eigenvalue weighted by Crippen LogP contribution is 2.41. The van der Waals surface area contributed by atoms with Gasteiger partial charge in [-0.15, -0.1) is 0 Å². The van der Waals surface area contributed by atoms with E-state index in [2.05, 4.69) is 5.16 Å². The molecule has 1 aliphatic rings. The van der Waals surface area contributed by atoms with Crippen molar-refractivity contribution in [3.8, 4) is 0 Å². The lowest BCUT2D eigenvalue weighted by atomic mass is 9.92. The number of benzene rings is 1. The van der Waals surface area contributed by atoms with Gasteiger partial charge in [0, 0.05) is 16.5 Å². The minimum Gasteiger partial charge on any atom is -0.409 e. The fraction of sp³-hybridized carbons (Fsp3) is 0.417. The van der Waals surface area contributed by atoms with E-state index in [-0.39, 0.29) is 5.84 Å². The monoisotopic (exact) mass is 256 g/mol. The summed E-state index contributed by atoms with van der Waals surface area (Å²) in [7, 11) is 0. The average molecular weight is 257 g/mol. The molecule has 3 nitrogen and oxygen atoms in total. The van der Waals surface area contributed by atoms with Crippen LogP contribution in [0.4, 0.5) is 4.39 Å². The third-order valence-electron chi connectivity index (χ3n) is 3.09. The Bertz CT molecular complexity index is 426. The summed E-state index contributed by atoms with van der Waals surface area (Å²) in [5.41, 5.74) is 5.97. The summed E-state index contributed by atoms with van der Waals surface area (Å²) < 4.78 is 13.8. The van der Waals surface area contributed by atoms with Gasteiger partial charge in [-0.3, -0.25) is 0 Å². The van der Waals surface area contributed by atoms with Crippen molar-refractivity contribution in [1.82, 2.24) is 0 Å². The van der Waals surface area contributed by atoms with Gasteiger partial charge >= 0.3 is 0 Å². The maximum Gasteiger partial charge on any atom is 0.146 e. The highest BCUT2D eigenvalue weighted by atomic mass is 35.5. The Labute approximate surface area is 104 Å². The lowest BCUT2D eigenvalue weighted by Gasteiger charge is -2.17. The van der Waals surface area contributed by atoms with Gasteiger partial charge in [-0.2, -0.15) is 0 Å². The van der Waals surface area contributed by atoms with Gasteiger partial charge in [-0.05, 0) is 24.5 Å². The maximum atomic E-state index is 13.8. The molecule has 92 valence electrons. The minimum absolute atomic E-state index is 0.0175. The van der Waals surface area contributed by atoms with E-state index in [0.29, 0.717) is 22.9 Å². The van der Waals surface area contributed by atoms with Gasteiger partial charge in [0.2, 0.25) is 0 Å². The molecule has 1 fully saturated rings. The zero-order valence-corrected chi connectivity index (χ0v) is 9.99. The Kier molecular flexibility index (Phi) is 3.52. The quantitative estimate of drug-likeness (QED) is 0.376.